The van der Waals surface area contributed by atoms with Crippen LogP contribution in [0.5, 0.6) is 0 Å². The van der Waals surface area contributed by atoms with Gasteiger partial charge >= 0.3 is 0 Å². The molecule has 0 saturated heterocycles. The fourth-order valence-corrected chi connectivity index (χ4v) is 2.65. The largest absolute Gasteiger partial charge is 0.327 e. The van der Waals surface area contributed by atoms with Gasteiger partial charge in [-0.05, 0) is 31.4 Å². The summed E-state index contributed by atoms with van der Waals surface area (Å²) in [6.07, 6.45) is 4.41. The van der Waals surface area contributed by atoms with Gasteiger partial charge in [0.05, 0.1) is 5.92 Å². The number of anilines is 1. The van der Waals surface area contributed by atoms with Crippen LogP contribution >= 0.6 is 0 Å². The molecule has 2 atom stereocenters. The van der Waals surface area contributed by atoms with E-state index in [4.69, 9.17) is 5.73 Å². The van der Waals surface area contributed by atoms with E-state index in [-0.39, 0.29) is 23.6 Å². The molecule has 1 fully saturated rings. The van der Waals surface area contributed by atoms with Crippen LogP contribution in [0, 0.1) is 24.5 Å². The predicted molar refractivity (Wildman–Crippen MR) is 74.3 cm³/mol. The maximum atomic E-state index is 13.9. The monoisotopic (exact) mass is 282 g/mol. The highest BCUT2D eigenvalue weighted by molar-refractivity contribution is 5.93. The summed E-state index contributed by atoms with van der Waals surface area (Å²) in [4.78, 5) is 12.2. The minimum absolute atomic E-state index is 0.242. The van der Waals surface area contributed by atoms with E-state index in [2.05, 4.69) is 5.32 Å². The number of benzene rings is 1. The Kier molecular flexibility index (Phi) is 4.70. The Hall–Kier alpha value is -1.49. The zero-order valence-electron chi connectivity index (χ0n) is 11.6. The summed E-state index contributed by atoms with van der Waals surface area (Å²) in [5.41, 5.74) is 5.92. The molecule has 1 aliphatic carbocycles. The molecular weight excluding hydrogens is 262 g/mol. The van der Waals surface area contributed by atoms with E-state index in [0.29, 0.717) is 12.0 Å². The first-order valence-corrected chi connectivity index (χ1v) is 7.01. The average Bonchev–Trinajstić information content (AvgIpc) is 2.63. The van der Waals surface area contributed by atoms with Crippen LogP contribution in [0.3, 0.4) is 0 Å². The van der Waals surface area contributed by atoms with Crippen molar-refractivity contribution < 1.29 is 13.6 Å². The SMILES string of the molecule is Cc1ccc(F)c(NC(=O)C2CCCCCC2N)c1F. The van der Waals surface area contributed by atoms with Gasteiger partial charge in [-0.1, -0.05) is 25.3 Å². The minimum atomic E-state index is -0.761. The normalized spacial score (nSPS) is 23.2. The zero-order chi connectivity index (χ0) is 14.7. The number of rotatable bonds is 2. The molecule has 0 aromatic heterocycles. The minimum Gasteiger partial charge on any atom is -0.327 e. The Morgan fingerprint density at radius 2 is 1.95 bits per heavy atom. The molecular formula is C15H20F2N2O. The zero-order valence-corrected chi connectivity index (χ0v) is 11.6. The third-order valence-corrected chi connectivity index (χ3v) is 3.94. The summed E-state index contributed by atoms with van der Waals surface area (Å²) in [7, 11) is 0. The molecule has 0 bridgehead atoms. The Morgan fingerprint density at radius 3 is 2.70 bits per heavy atom. The van der Waals surface area contributed by atoms with Gasteiger partial charge in [0, 0.05) is 6.04 Å². The molecule has 0 spiro atoms. The molecule has 110 valence electrons. The van der Waals surface area contributed by atoms with Gasteiger partial charge in [-0.2, -0.15) is 0 Å². The second-order valence-corrected chi connectivity index (χ2v) is 5.45. The summed E-state index contributed by atoms with van der Waals surface area (Å²) in [5, 5.41) is 2.38. The van der Waals surface area contributed by atoms with Crippen LogP contribution in [0.2, 0.25) is 0 Å². The fourth-order valence-electron chi connectivity index (χ4n) is 2.65. The van der Waals surface area contributed by atoms with E-state index in [1.807, 2.05) is 0 Å². The number of nitrogens with one attached hydrogen (secondary N) is 1. The Labute approximate surface area is 117 Å². The number of amides is 1. The van der Waals surface area contributed by atoms with Gasteiger partial charge in [0.1, 0.15) is 11.5 Å². The number of hydrogen-bond acceptors (Lipinski definition) is 2. The Morgan fingerprint density at radius 1 is 1.25 bits per heavy atom. The lowest BCUT2D eigenvalue weighted by molar-refractivity contribution is -0.120. The molecule has 1 saturated carbocycles. The molecule has 3 N–H and O–H groups in total. The third-order valence-electron chi connectivity index (χ3n) is 3.94. The van der Waals surface area contributed by atoms with Gasteiger partial charge in [0.15, 0.2) is 5.82 Å². The molecule has 2 rings (SSSR count). The van der Waals surface area contributed by atoms with Crippen molar-refractivity contribution in [2.24, 2.45) is 11.7 Å². The first kappa shape index (κ1) is 14.9. The van der Waals surface area contributed by atoms with Crippen molar-refractivity contribution in [1.82, 2.24) is 0 Å². The summed E-state index contributed by atoms with van der Waals surface area (Å²) in [6, 6.07) is 2.26. The van der Waals surface area contributed by atoms with Gasteiger partial charge in [0.2, 0.25) is 5.91 Å². The molecule has 20 heavy (non-hydrogen) atoms. The summed E-state index contributed by atoms with van der Waals surface area (Å²) in [6.45, 7) is 1.53. The molecule has 0 heterocycles. The molecule has 1 amide bonds. The summed E-state index contributed by atoms with van der Waals surface area (Å²) in [5.74, 6) is -2.25. The Balaban J connectivity index is 2.17. The molecule has 2 unspecified atom stereocenters. The number of nitrogens with two attached hydrogens (primary N) is 1. The molecule has 1 aliphatic rings. The van der Waals surface area contributed by atoms with E-state index in [9.17, 15) is 13.6 Å². The van der Waals surface area contributed by atoms with Crippen molar-refractivity contribution in [3.05, 3.63) is 29.3 Å². The molecule has 3 nitrogen and oxygen atoms in total. The highest BCUT2D eigenvalue weighted by Crippen LogP contribution is 2.26. The fraction of sp³-hybridized carbons (Fsp3) is 0.533. The van der Waals surface area contributed by atoms with E-state index in [1.165, 1.54) is 13.0 Å². The van der Waals surface area contributed by atoms with Crippen LogP contribution < -0.4 is 11.1 Å². The standard InChI is InChI=1S/C15H20F2N2O/c1-9-7-8-11(16)14(13(9)17)19-15(20)10-5-3-2-4-6-12(10)18/h7-8,10,12H,2-6,18H2,1H3,(H,19,20). The Bertz CT molecular complexity index is 505. The number of carbonyl (C=O) groups excluding carboxylic acids is 1. The maximum absolute atomic E-state index is 13.9. The second-order valence-electron chi connectivity index (χ2n) is 5.45. The van der Waals surface area contributed by atoms with Gasteiger partial charge in [0.25, 0.3) is 0 Å². The average molecular weight is 282 g/mol. The highest BCUT2D eigenvalue weighted by atomic mass is 19.1. The lowest BCUT2D eigenvalue weighted by Gasteiger charge is -2.21. The van der Waals surface area contributed by atoms with Crippen LogP contribution in [0.4, 0.5) is 14.5 Å². The van der Waals surface area contributed by atoms with Crippen molar-refractivity contribution in [3.63, 3.8) is 0 Å². The van der Waals surface area contributed by atoms with Crippen LogP contribution in [0.1, 0.15) is 37.7 Å². The van der Waals surface area contributed by atoms with E-state index in [1.54, 1.807) is 0 Å². The molecule has 0 radical (unpaired) electrons. The third kappa shape index (κ3) is 3.15. The van der Waals surface area contributed by atoms with E-state index in [0.717, 1.165) is 31.7 Å². The van der Waals surface area contributed by atoms with Crippen molar-refractivity contribution in [1.29, 1.82) is 0 Å². The molecule has 0 aliphatic heterocycles. The first-order valence-electron chi connectivity index (χ1n) is 7.01. The highest BCUT2D eigenvalue weighted by Gasteiger charge is 2.28. The van der Waals surface area contributed by atoms with Crippen molar-refractivity contribution >= 4 is 11.6 Å². The molecule has 5 heteroatoms. The molecule has 1 aromatic carbocycles. The molecule has 1 aromatic rings. The predicted octanol–water partition coefficient (Wildman–Crippen LogP) is 3.12. The van der Waals surface area contributed by atoms with Crippen LogP contribution in [0.15, 0.2) is 12.1 Å². The van der Waals surface area contributed by atoms with Gasteiger partial charge in [-0.25, -0.2) is 8.78 Å². The number of halogens is 2. The lowest BCUT2D eigenvalue weighted by atomic mass is 9.94. The number of carbonyl (C=O) groups is 1. The van der Waals surface area contributed by atoms with Crippen LogP contribution in [-0.2, 0) is 4.79 Å². The summed E-state index contributed by atoms with van der Waals surface area (Å²) < 4.78 is 27.5. The van der Waals surface area contributed by atoms with Crippen molar-refractivity contribution in [3.8, 4) is 0 Å². The van der Waals surface area contributed by atoms with Crippen LogP contribution in [-0.4, -0.2) is 11.9 Å². The van der Waals surface area contributed by atoms with Crippen LogP contribution in [0.25, 0.3) is 0 Å². The smallest absolute Gasteiger partial charge is 0.229 e. The number of aryl methyl sites for hydroxylation is 1. The van der Waals surface area contributed by atoms with Gasteiger partial charge in [-0.3, -0.25) is 4.79 Å². The maximum Gasteiger partial charge on any atom is 0.229 e. The topological polar surface area (TPSA) is 55.1 Å². The van der Waals surface area contributed by atoms with Gasteiger partial charge < -0.3 is 11.1 Å². The first-order chi connectivity index (χ1) is 9.50. The van der Waals surface area contributed by atoms with E-state index >= 15 is 0 Å². The van der Waals surface area contributed by atoms with Gasteiger partial charge in [-0.15, -0.1) is 0 Å². The quantitative estimate of drug-likeness (QED) is 0.819. The van der Waals surface area contributed by atoms with Crippen molar-refractivity contribution in [2.75, 3.05) is 5.32 Å². The summed E-state index contributed by atoms with van der Waals surface area (Å²) >= 11 is 0. The lowest BCUT2D eigenvalue weighted by Crippen LogP contribution is -2.38. The van der Waals surface area contributed by atoms with E-state index < -0.39 is 11.6 Å². The number of hydrogen-bond donors (Lipinski definition) is 2. The second kappa shape index (κ2) is 6.31. The van der Waals surface area contributed by atoms with Crippen molar-refractivity contribution in [2.45, 2.75) is 45.1 Å².